The molecule has 0 aliphatic heterocycles. The van der Waals surface area contributed by atoms with E-state index >= 15 is 0 Å². The van der Waals surface area contributed by atoms with Crippen LogP contribution in [0.25, 0.3) is 0 Å². The van der Waals surface area contributed by atoms with Crippen LogP contribution in [0.2, 0.25) is 0 Å². The Labute approximate surface area is 98.7 Å². The summed E-state index contributed by atoms with van der Waals surface area (Å²) >= 11 is 2.30. The molecule has 0 bridgehead atoms. The van der Waals surface area contributed by atoms with Gasteiger partial charge in [-0.2, -0.15) is 0 Å². The summed E-state index contributed by atoms with van der Waals surface area (Å²) in [5.41, 5.74) is 5.25. The second-order valence-electron chi connectivity index (χ2n) is 3.44. The molecular formula is C11H15IN2. The zero-order valence-electron chi connectivity index (χ0n) is 8.42. The summed E-state index contributed by atoms with van der Waals surface area (Å²) in [6, 6.07) is 8.42. The van der Waals surface area contributed by atoms with Crippen LogP contribution in [0.3, 0.4) is 0 Å². The second-order valence-corrected chi connectivity index (χ2v) is 4.69. The Morgan fingerprint density at radius 2 is 2.21 bits per heavy atom. The van der Waals surface area contributed by atoms with E-state index < -0.39 is 0 Å². The smallest absolute Gasteiger partial charge is 0.0643 e. The highest BCUT2D eigenvalue weighted by atomic mass is 127. The number of rotatable bonds is 3. The number of benzene rings is 1. The summed E-state index contributed by atoms with van der Waals surface area (Å²) in [6.45, 7) is 4.14. The van der Waals surface area contributed by atoms with E-state index in [0.29, 0.717) is 0 Å². The molecule has 3 N–H and O–H groups in total. The molecule has 3 heteroatoms. The van der Waals surface area contributed by atoms with E-state index in [4.69, 9.17) is 5.84 Å². The van der Waals surface area contributed by atoms with Gasteiger partial charge < -0.3 is 0 Å². The molecule has 0 aliphatic rings. The lowest BCUT2D eigenvalue weighted by Crippen LogP contribution is -2.26. The molecule has 0 saturated carbocycles. The quantitative estimate of drug-likeness (QED) is 0.390. The van der Waals surface area contributed by atoms with Crippen LogP contribution >= 0.6 is 22.6 Å². The fourth-order valence-corrected chi connectivity index (χ4v) is 1.84. The Morgan fingerprint density at radius 3 is 2.71 bits per heavy atom. The highest BCUT2D eigenvalue weighted by Crippen LogP contribution is 2.17. The van der Waals surface area contributed by atoms with Crippen LogP contribution in [-0.4, -0.2) is 0 Å². The van der Waals surface area contributed by atoms with Gasteiger partial charge in [-0.3, -0.25) is 5.84 Å². The zero-order valence-corrected chi connectivity index (χ0v) is 10.6. The SMILES string of the molecule is CC(C)=CC(NN)c1cccc(I)c1. The van der Waals surface area contributed by atoms with E-state index in [1.54, 1.807) is 0 Å². The Hall–Kier alpha value is -0.390. The molecule has 2 nitrogen and oxygen atoms in total. The van der Waals surface area contributed by atoms with Crippen LogP contribution in [0.4, 0.5) is 0 Å². The predicted molar refractivity (Wildman–Crippen MR) is 68.7 cm³/mol. The van der Waals surface area contributed by atoms with Gasteiger partial charge in [0.05, 0.1) is 6.04 Å². The van der Waals surface area contributed by atoms with Crippen molar-refractivity contribution in [3.05, 3.63) is 45.0 Å². The van der Waals surface area contributed by atoms with E-state index in [1.807, 2.05) is 6.07 Å². The molecule has 1 aromatic carbocycles. The molecule has 1 atom stereocenters. The van der Waals surface area contributed by atoms with Crippen molar-refractivity contribution in [1.82, 2.24) is 5.43 Å². The largest absolute Gasteiger partial charge is 0.271 e. The molecule has 1 unspecified atom stereocenters. The summed E-state index contributed by atoms with van der Waals surface area (Å²) < 4.78 is 1.22. The highest BCUT2D eigenvalue weighted by Gasteiger charge is 2.05. The summed E-state index contributed by atoms with van der Waals surface area (Å²) in [4.78, 5) is 0. The Kier molecular flexibility index (Phi) is 4.57. The minimum Gasteiger partial charge on any atom is -0.271 e. The number of hydrogen-bond acceptors (Lipinski definition) is 2. The first-order valence-corrected chi connectivity index (χ1v) is 5.58. The highest BCUT2D eigenvalue weighted by molar-refractivity contribution is 14.1. The first-order valence-electron chi connectivity index (χ1n) is 4.50. The minimum atomic E-state index is 0.106. The number of halogens is 1. The Morgan fingerprint density at radius 1 is 1.50 bits per heavy atom. The van der Waals surface area contributed by atoms with Crippen molar-refractivity contribution in [2.75, 3.05) is 0 Å². The molecule has 0 aromatic heterocycles. The molecule has 14 heavy (non-hydrogen) atoms. The molecule has 1 rings (SSSR count). The van der Waals surface area contributed by atoms with Crippen LogP contribution in [0.15, 0.2) is 35.9 Å². The molecule has 0 aliphatic carbocycles. The van der Waals surface area contributed by atoms with Gasteiger partial charge in [-0.15, -0.1) is 0 Å². The van der Waals surface area contributed by atoms with E-state index in [1.165, 1.54) is 14.7 Å². The van der Waals surface area contributed by atoms with Crippen molar-refractivity contribution in [2.24, 2.45) is 5.84 Å². The molecule has 1 aromatic rings. The fraction of sp³-hybridized carbons (Fsp3) is 0.273. The monoisotopic (exact) mass is 302 g/mol. The van der Waals surface area contributed by atoms with Crippen molar-refractivity contribution < 1.29 is 0 Å². The molecule has 0 saturated heterocycles. The third-order valence-electron chi connectivity index (χ3n) is 1.89. The van der Waals surface area contributed by atoms with Gasteiger partial charge in [0, 0.05) is 3.57 Å². The van der Waals surface area contributed by atoms with Gasteiger partial charge in [-0.05, 0) is 54.1 Å². The topological polar surface area (TPSA) is 38.0 Å². The van der Waals surface area contributed by atoms with Crippen molar-refractivity contribution in [2.45, 2.75) is 19.9 Å². The van der Waals surface area contributed by atoms with Crippen LogP contribution in [0.1, 0.15) is 25.5 Å². The van der Waals surface area contributed by atoms with Crippen molar-refractivity contribution in [3.63, 3.8) is 0 Å². The molecule has 0 spiro atoms. The first kappa shape index (κ1) is 11.7. The van der Waals surface area contributed by atoms with Crippen molar-refractivity contribution in [1.29, 1.82) is 0 Å². The van der Waals surface area contributed by atoms with Gasteiger partial charge in [-0.1, -0.05) is 23.8 Å². The van der Waals surface area contributed by atoms with E-state index in [9.17, 15) is 0 Å². The lowest BCUT2D eigenvalue weighted by molar-refractivity contribution is 0.651. The third-order valence-corrected chi connectivity index (χ3v) is 2.56. The van der Waals surface area contributed by atoms with E-state index in [-0.39, 0.29) is 6.04 Å². The number of hydrazine groups is 1. The van der Waals surface area contributed by atoms with Gasteiger partial charge in [0.1, 0.15) is 0 Å². The molecule has 0 radical (unpaired) electrons. The number of allylic oxidation sites excluding steroid dienone is 1. The number of nitrogens with two attached hydrogens (primary N) is 1. The maximum Gasteiger partial charge on any atom is 0.0643 e. The molecule has 0 heterocycles. The summed E-state index contributed by atoms with van der Waals surface area (Å²) in [5.74, 6) is 5.51. The van der Waals surface area contributed by atoms with Gasteiger partial charge in [0.25, 0.3) is 0 Å². The summed E-state index contributed by atoms with van der Waals surface area (Å²) in [5, 5.41) is 0. The first-order chi connectivity index (χ1) is 6.63. The van der Waals surface area contributed by atoms with Crippen LogP contribution in [0, 0.1) is 3.57 Å². The Bertz CT molecular complexity index is 330. The molecular weight excluding hydrogens is 287 g/mol. The van der Waals surface area contributed by atoms with Gasteiger partial charge in [-0.25, -0.2) is 5.43 Å². The number of hydrogen-bond donors (Lipinski definition) is 2. The fourth-order valence-electron chi connectivity index (χ4n) is 1.27. The predicted octanol–water partition coefficient (Wildman–Crippen LogP) is 2.76. The summed E-state index contributed by atoms with van der Waals surface area (Å²) in [7, 11) is 0. The summed E-state index contributed by atoms with van der Waals surface area (Å²) in [6.07, 6.45) is 2.12. The normalized spacial score (nSPS) is 12.3. The standard InChI is InChI=1S/C11H15IN2/c1-8(2)6-11(14-13)9-4-3-5-10(12)7-9/h3-7,11,14H,13H2,1-2H3. The lowest BCUT2D eigenvalue weighted by atomic mass is 10.1. The third kappa shape index (κ3) is 3.40. The van der Waals surface area contributed by atoms with Crippen LogP contribution in [0.5, 0.6) is 0 Å². The van der Waals surface area contributed by atoms with Crippen LogP contribution < -0.4 is 11.3 Å². The molecule has 0 fully saturated rings. The van der Waals surface area contributed by atoms with E-state index in [2.05, 4.69) is 66.1 Å². The molecule has 76 valence electrons. The van der Waals surface area contributed by atoms with Gasteiger partial charge in [0.15, 0.2) is 0 Å². The van der Waals surface area contributed by atoms with Gasteiger partial charge in [0.2, 0.25) is 0 Å². The Balaban J connectivity index is 2.95. The van der Waals surface area contributed by atoms with Crippen molar-refractivity contribution in [3.8, 4) is 0 Å². The van der Waals surface area contributed by atoms with Gasteiger partial charge >= 0.3 is 0 Å². The zero-order chi connectivity index (χ0) is 10.6. The second kappa shape index (κ2) is 5.48. The number of nitrogens with one attached hydrogen (secondary N) is 1. The lowest BCUT2D eigenvalue weighted by Gasteiger charge is -2.12. The average molecular weight is 302 g/mol. The average Bonchev–Trinajstić information content (AvgIpc) is 2.14. The minimum absolute atomic E-state index is 0.106. The van der Waals surface area contributed by atoms with E-state index in [0.717, 1.165) is 0 Å². The van der Waals surface area contributed by atoms with Crippen molar-refractivity contribution >= 4 is 22.6 Å². The molecule has 0 amide bonds. The maximum atomic E-state index is 5.51. The maximum absolute atomic E-state index is 5.51. The van der Waals surface area contributed by atoms with Crippen LogP contribution in [-0.2, 0) is 0 Å².